The van der Waals surface area contributed by atoms with Crippen molar-refractivity contribution in [2.45, 2.75) is 25.3 Å². The van der Waals surface area contributed by atoms with Crippen LogP contribution in [0.25, 0.3) is 0 Å². The van der Waals surface area contributed by atoms with E-state index >= 15 is 0 Å². The average Bonchev–Trinajstić information content (AvgIpc) is 2.77. The van der Waals surface area contributed by atoms with Crippen molar-refractivity contribution in [1.82, 2.24) is 9.62 Å². The minimum absolute atomic E-state index is 0.0857. The fraction of sp³-hybridized carbons (Fsp3) is 0.381. The lowest BCUT2D eigenvalue weighted by atomic mass is 10.1. The Bertz CT molecular complexity index is 987. The molecule has 0 bridgehead atoms. The van der Waals surface area contributed by atoms with E-state index in [1.54, 1.807) is 38.1 Å². The molecule has 2 rings (SSSR count). The zero-order chi connectivity index (χ0) is 22.3. The number of hydrogen-bond donors (Lipinski definition) is 1. The van der Waals surface area contributed by atoms with Crippen molar-refractivity contribution in [3.05, 3.63) is 47.5 Å². The number of hydrogen-bond acceptors (Lipinski definition) is 6. The second-order valence-corrected chi connectivity index (χ2v) is 8.26. The molecule has 0 aromatic heterocycles. The number of ether oxygens (including phenoxy) is 3. The van der Waals surface area contributed by atoms with Crippen LogP contribution in [0, 0.1) is 0 Å². The van der Waals surface area contributed by atoms with Crippen molar-refractivity contribution in [3.8, 4) is 17.2 Å². The molecule has 0 atom stereocenters. The highest BCUT2D eigenvalue weighted by molar-refractivity contribution is 7.89. The zero-order valence-corrected chi connectivity index (χ0v) is 18.7. The number of nitrogens with one attached hydrogen (secondary N) is 1. The first-order chi connectivity index (χ1) is 14.3. The molecule has 0 radical (unpaired) electrons. The number of nitrogens with zero attached hydrogens (tertiary/aromatic N) is 1. The first-order valence-corrected chi connectivity index (χ1v) is 10.9. The van der Waals surface area contributed by atoms with Crippen molar-refractivity contribution in [1.29, 1.82) is 0 Å². The number of sulfonamides is 1. The Morgan fingerprint density at radius 2 is 1.53 bits per heavy atom. The summed E-state index contributed by atoms with van der Waals surface area (Å²) < 4.78 is 42.7. The Hall–Kier alpha value is -2.78. The summed E-state index contributed by atoms with van der Waals surface area (Å²) in [6.07, 6.45) is 0. The fourth-order valence-electron chi connectivity index (χ4n) is 3.02. The van der Waals surface area contributed by atoms with Crippen LogP contribution in [0.3, 0.4) is 0 Å². The van der Waals surface area contributed by atoms with Gasteiger partial charge in [-0.05, 0) is 24.3 Å². The van der Waals surface area contributed by atoms with Gasteiger partial charge in [0.05, 0.1) is 26.2 Å². The second kappa shape index (κ2) is 10.3. The van der Waals surface area contributed by atoms with Crippen LogP contribution < -0.4 is 19.5 Å². The summed E-state index contributed by atoms with van der Waals surface area (Å²) in [5.41, 5.74) is 0.943. The summed E-state index contributed by atoms with van der Waals surface area (Å²) in [6, 6.07) is 9.40. The predicted molar refractivity (Wildman–Crippen MR) is 114 cm³/mol. The van der Waals surface area contributed by atoms with Gasteiger partial charge in [0.1, 0.15) is 5.75 Å². The molecule has 0 spiro atoms. The maximum atomic E-state index is 12.7. The van der Waals surface area contributed by atoms with Crippen LogP contribution in [-0.4, -0.2) is 53.0 Å². The lowest BCUT2D eigenvalue weighted by Crippen LogP contribution is -2.31. The van der Waals surface area contributed by atoms with Crippen LogP contribution in [0.1, 0.15) is 29.8 Å². The number of carbonyl (C=O) groups is 1. The van der Waals surface area contributed by atoms with Crippen LogP contribution in [-0.2, 0) is 16.6 Å². The van der Waals surface area contributed by atoms with E-state index in [2.05, 4.69) is 5.32 Å². The normalized spacial score (nSPS) is 11.3. The Morgan fingerprint density at radius 1 is 0.933 bits per heavy atom. The lowest BCUT2D eigenvalue weighted by Gasteiger charge is -2.18. The number of amides is 1. The van der Waals surface area contributed by atoms with Gasteiger partial charge >= 0.3 is 0 Å². The standard InChI is InChI=1S/C21H28N2O6S/c1-6-23(7-2)30(25,26)17-10-8-9-15(11-17)21(24)22-14-16-12-19(28-4)20(29-5)13-18(16)27-3/h8-13H,6-7,14H2,1-5H3,(H,22,24). The molecule has 0 aliphatic carbocycles. The molecule has 0 unspecified atom stereocenters. The molecule has 30 heavy (non-hydrogen) atoms. The molecule has 2 aromatic rings. The van der Waals surface area contributed by atoms with E-state index < -0.39 is 15.9 Å². The van der Waals surface area contributed by atoms with Gasteiger partial charge in [0.25, 0.3) is 5.91 Å². The van der Waals surface area contributed by atoms with Crippen LogP contribution >= 0.6 is 0 Å². The van der Waals surface area contributed by atoms with Crippen LogP contribution in [0.4, 0.5) is 0 Å². The average molecular weight is 437 g/mol. The van der Waals surface area contributed by atoms with Gasteiger partial charge < -0.3 is 19.5 Å². The number of benzene rings is 2. The molecular weight excluding hydrogens is 408 g/mol. The summed E-state index contributed by atoms with van der Waals surface area (Å²) in [5.74, 6) is 1.16. The van der Waals surface area contributed by atoms with E-state index in [0.717, 1.165) is 0 Å². The molecule has 1 amide bonds. The molecule has 0 fully saturated rings. The molecule has 0 aliphatic heterocycles. The van der Waals surface area contributed by atoms with Crippen LogP contribution in [0.5, 0.6) is 17.2 Å². The smallest absolute Gasteiger partial charge is 0.251 e. The van der Waals surface area contributed by atoms with E-state index in [0.29, 0.717) is 35.9 Å². The third-order valence-corrected chi connectivity index (χ3v) is 6.71. The van der Waals surface area contributed by atoms with Gasteiger partial charge in [-0.2, -0.15) is 4.31 Å². The van der Waals surface area contributed by atoms with Crippen molar-refractivity contribution in [2.24, 2.45) is 0 Å². The minimum Gasteiger partial charge on any atom is -0.496 e. The van der Waals surface area contributed by atoms with Crippen molar-refractivity contribution in [3.63, 3.8) is 0 Å². The quantitative estimate of drug-likeness (QED) is 0.615. The first kappa shape index (κ1) is 23.5. The molecular formula is C21H28N2O6S. The van der Waals surface area contributed by atoms with Crippen molar-refractivity contribution >= 4 is 15.9 Å². The summed E-state index contributed by atoms with van der Waals surface area (Å²) in [5, 5.41) is 2.79. The molecule has 0 saturated heterocycles. The minimum atomic E-state index is -3.65. The summed E-state index contributed by atoms with van der Waals surface area (Å²) in [4.78, 5) is 12.8. The Kier molecular flexibility index (Phi) is 8.08. The maximum absolute atomic E-state index is 12.7. The highest BCUT2D eigenvalue weighted by Gasteiger charge is 2.22. The molecule has 164 valence electrons. The van der Waals surface area contributed by atoms with Crippen LogP contribution in [0.15, 0.2) is 41.3 Å². The van der Waals surface area contributed by atoms with Gasteiger partial charge in [-0.1, -0.05) is 19.9 Å². The molecule has 0 heterocycles. The topological polar surface area (TPSA) is 94.2 Å². The predicted octanol–water partition coefficient (Wildman–Crippen LogP) is 2.67. The summed E-state index contributed by atoms with van der Waals surface area (Å²) in [6.45, 7) is 4.42. The largest absolute Gasteiger partial charge is 0.496 e. The Labute approximate surface area is 177 Å². The monoisotopic (exact) mass is 436 g/mol. The third kappa shape index (κ3) is 5.03. The number of rotatable bonds is 10. The molecule has 0 aliphatic rings. The molecule has 2 aromatic carbocycles. The van der Waals surface area contributed by atoms with E-state index in [4.69, 9.17) is 14.2 Å². The van der Waals surface area contributed by atoms with Crippen molar-refractivity contribution < 1.29 is 27.4 Å². The highest BCUT2D eigenvalue weighted by atomic mass is 32.2. The second-order valence-electron chi connectivity index (χ2n) is 6.32. The summed E-state index contributed by atoms with van der Waals surface area (Å²) >= 11 is 0. The molecule has 8 nitrogen and oxygen atoms in total. The van der Waals surface area contributed by atoms with Gasteiger partial charge in [-0.3, -0.25) is 4.79 Å². The van der Waals surface area contributed by atoms with Gasteiger partial charge in [0.2, 0.25) is 10.0 Å². The SMILES string of the molecule is CCN(CC)S(=O)(=O)c1cccc(C(=O)NCc2cc(OC)c(OC)cc2OC)c1. The van der Waals surface area contributed by atoms with E-state index in [-0.39, 0.29) is 17.0 Å². The number of carbonyl (C=O) groups excluding carboxylic acids is 1. The van der Waals surface area contributed by atoms with Crippen LogP contribution in [0.2, 0.25) is 0 Å². The molecule has 1 N–H and O–H groups in total. The van der Waals surface area contributed by atoms with E-state index in [9.17, 15) is 13.2 Å². The highest BCUT2D eigenvalue weighted by Crippen LogP contribution is 2.34. The van der Waals surface area contributed by atoms with Crippen molar-refractivity contribution in [2.75, 3.05) is 34.4 Å². The van der Waals surface area contributed by atoms with E-state index in [1.165, 1.54) is 37.8 Å². The molecule has 0 saturated carbocycles. The van der Waals surface area contributed by atoms with Gasteiger partial charge in [-0.15, -0.1) is 0 Å². The number of methoxy groups -OCH3 is 3. The first-order valence-electron chi connectivity index (χ1n) is 9.49. The van der Waals surface area contributed by atoms with Gasteiger partial charge in [0, 0.05) is 36.8 Å². The zero-order valence-electron chi connectivity index (χ0n) is 17.9. The summed E-state index contributed by atoms with van der Waals surface area (Å²) in [7, 11) is 0.921. The third-order valence-electron chi connectivity index (χ3n) is 4.67. The maximum Gasteiger partial charge on any atom is 0.251 e. The van der Waals surface area contributed by atoms with Gasteiger partial charge in [-0.25, -0.2) is 8.42 Å². The Balaban J connectivity index is 2.24. The van der Waals surface area contributed by atoms with E-state index in [1.807, 2.05) is 0 Å². The van der Waals surface area contributed by atoms with Gasteiger partial charge in [0.15, 0.2) is 11.5 Å². The fourth-order valence-corrected chi connectivity index (χ4v) is 4.52. The Morgan fingerprint density at radius 3 is 2.10 bits per heavy atom. The molecule has 9 heteroatoms. The lowest BCUT2D eigenvalue weighted by molar-refractivity contribution is 0.0950.